The van der Waals surface area contributed by atoms with Crippen LogP contribution in [0, 0.1) is 5.41 Å². The molecule has 0 aromatic heterocycles. The second-order valence-electron chi connectivity index (χ2n) is 6.55. The fraction of sp³-hybridized carbons (Fsp3) is 0.857. The van der Waals surface area contributed by atoms with Gasteiger partial charge in [-0.1, -0.05) is 27.7 Å². The molecule has 0 aliphatic heterocycles. The Labute approximate surface area is 111 Å². The molecule has 106 valence electrons. The first-order valence-electron chi connectivity index (χ1n) is 6.60. The molecule has 1 atom stereocenters. The van der Waals surface area contributed by atoms with E-state index >= 15 is 0 Å². The molecular formula is C14H28N2O2. The van der Waals surface area contributed by atoms with Gasteiger partial charge in [0.2, 0.25) is 5.91 Å². The number of ketones is 1. The molecule has 0 aliphatic carbocycles. The smallest absolute Gasteiger partial charge is 0.234 e. The van der Waals surface area contributed by atoms with Crippen LogP contribution in [0.15, 0.2) is 0 Å². The number of primary amides is 1. The normalized spacial score (nSPS) is 14.3. The summed E-state index contributed by atoms with van der Waals surface area (Å²) >= 11 is 0. The van der Waals surface area contributed by atoms with Crippen molar-refractivity contribution < 1.29 is 9.59 Å². The van der Waals surface area contributed by atoms with Crippen LogP contribution in [0.4, 0.5) is 0 Å². The highest BCUT2D eigenvalue weighted by atomic mass is 16.1. The summed E-state index contributed by atoms with van der Waals surface area (Å²) in [6, 6.07) is -0.439. The third-order valence-electron chi connectivity index (χ3n) is 3.29. The Morgan fingerprint density at radius 1 is 1.17 bits per heavy atom. The van der Waals surface area contributed by atoms with Crippen LogP contribution in [0.5, 0.6) is 0 Å². The fourth-order valence-electron chi connectivity index (χ4n) is 1.51. The summed E-state index contributed by atoms with van der Waals surface area (Å²) in [6.07, 6.45) is 1.74. The molecule has 0 bridgehead atoms. The van der Waals surface area contributed by atoms with Gasteiger partial charge >= 0.3 is 0 Å². The van der Waals surface area contributed by atoms with Gasteiger partial charge in [-0.15, -0.1) is 0 Å². The van der Waals surface area contributed by atoms with Crippen molar-refractivity contribution in [3.8, 4) is 0 Å². The molecule has 0 fully saturated rings. The number of carbonyl (C=O) groups is 2. The zero-order valence-electron chi connectivity index (χ0n) is 12.6. The van der Waals surface area contributed by atoms with Gasteiger partial charge in [0, 0.05) is 17.4 Å². The van der Waals surface area contributed by atoms with Gasteiger partial charge in [-0.3, -0.25) is 9.59 Å². The standard InChI is InChI=1S/C14H28N2O2/c1-7-14(5,6)16-10(12(15)18)8-9-11(17)13(2,3)4/h10,16H,7-9H2,1-6H3,(H2,15,18). The summed E-state index contributed by atoms with van der Waals surface area (Å²) in [5.74, 6) is -0.233. The van der Waals surface area contributed by atoms with E-state index in [2.05, 4.69) is 5.32 Å². The maximum atomic E-state index is 11.8. The Bertz CT molecular complexity index is 303. The van der Waals surface area contributed by atoms with Crippen LogP contribution in [0.3, 0.4) is 0 Å². The van der Waals surface area contributed by atoms with E-state index in [1.165, 1.54) is 0 Å². The Kier molecular flexibility index (Phi) is 6.00. The summed E-state index contributed by atoms with van der Waals surface area (Å²) in [4.78, 5) is 23.3. The number of amides is 1. The van der Waals surface area contributed by atoms with Crippen molar-refractivity contribution in [2.75, 3.05) is 0 Å². The molecule has 18 heavy (non-hydrogen) atoms. The molecule has 0 aromatic carbocycles. The first-order valence-corrected chi connectivity index (χ1v) is 6.60. The molecule has 0 radical (unpaired) electrons. The highest BCUT2D eigenvalue weighted by molar-refractivity contribution is 5.85. The van der Waals surface area contributed by atoms with Gasteiger partial charge in [0.05, 0.1) is 6.04 Å². The van der Waals surface area contributed by atoms with Crippen LogP contribution >= 0.6 is 0 Å². The minimum Gasteiger partial charge on any atom is -0.368 e. The number of nitrogens with one attached hydrogen (secondary N) is 1. The lowest BCUT2D eigenvalue weighted by Crippen LogP contribution is -2.51. The fourth-order valence-corrected chi connectivity index (χ4v) is 1.51. The maximum Gasteiger partial charge on any atom is 0.234 e. The second-order valence-corrected chi connectivity index (χ2v) is 6.55. The molecule has 4 nitrogen and oxygen atoms in total. The minimum atomic E-state index is -0.439. The summed E-state index contributed by atoms with van der Waals surface area (Å²) in [5, 5.41) is 3.22. The van der Waals surface area contributed by atoms with Crippen molar-refractivity contribution in [3.63, 3.8) is 0 Å². The van der Waals surface area contributed by atoms with E-state index < -0.39 is 11.9 Å². The largest absolute Gasteiger partial charge is 0.368 e. The van der Waals surface area contributed by atoms with Crippen LogP contribution in [0.25, 0.3) is 0 Å². The quantitative estimate of drug-likeness (QED) is 0.732. The molecular weight excluding hydrogens is 228 g/mol. The molecule has 4 heteroatoms. The number of rotatable bonds is 7. The average Bonchev–Trinajstić information content (AvgIpc) is 2.21. The van der Waals surface area contributed by atoms with Gasteiger partial charge in [0.25, 0.3) is 0 Å². The van der Waals surface area contributed by atoms with E-state index in [4.69, 9.17) is 5.73 Å². The zero-order valence-corrected chi connectivity index (χ0v) is 12.6. The molecule has 0 saturated heterocycles. The third-order valence-corrected chi connectivity index (χ3v) is 3.29. The van der Waals surface area contributed by atoms with E-state index in [0.717, 1.165) is 6.42 Å². The SMILES string of the molecule is CCC(C)(C)NC(CCC(=O)C(C)(C)C)C(N)=O. The number of carbonyl (C=O) groups excluding carboxylic acids is 2. The van der Waals surface area contributed by atoms with Crippen LogP contribution < -0.4 is 11.1 Å². The van der Waals surface area contributed by atoms with Gasteiger partial charge in [0.1, 0.15) is 5.78 Å². The topological polar surface area (TPSA) is 72.2 Å². The third kappa shape index (κ3) is 6.15. The van der Waals surface area contributed by atoms with Crippen molar-refractivity contribution in [2.45, 2.75) is 72.4 Å². The monoisotopic (exact) mass is 256 g/mol. The molecule has 0 rings (SSSR count). The van der Waals surface area contributed by atoms with Crippen LogP contribution in [0.1, 0.15) is 60.8 Å². The van der Waals surface area contributed by atoms with Crippen molar-refractivity contribution in [1.82, 2.24) is 5.32 Å². The molecule has 1 amide bonds. The van der Waals surface area contributed by atoms with Gasteiger partial charge in [-0.2, -0.15) is 0 Å². The van der Waals surface area contributed by atoms with Crippen LogP contribution in [0.2, 0.25) is 0 Å². The first kappa shape index (κ1) is 17.1. The van der Waals surface area contributed by atoms with Crippen molar-refractivity contribution in [2.24, 2.45) is 11.1 Å². The number of Topliss-reactive ketones (excluding diaryl/α,β-unsaturated/α-hetero) is 1. The van der Waals surface area contributed by atoms with Crippen LogP contribution in [-0.4, -0.2) is 23.3 Å². The van der Waals surface area contributed by atoms with Gasteiger partial charge < -0.3 is 11.1 Å². The Balaban J connectivity index is 4.49. The average molecular weight is 256 g/mol. The summed E-state index contributed by atoms with van der Waals surface area (Å²) in [7, 11) is 0. The molecule has 0 aromatic rings. The highest BCUT2D eigenvalue weighted by Gasteiger charge is 2.27. The lowest BCUT2D eigenvalue weighted by Gasteiger charge is -2.30. The molecule has 0 saturated carbocycles. The van der Waals surface area contributed by atoms with E-state index in [0.29, 0.717) is 12.8 Å². The summed E-state index contributed by atoms with van der Waals surface area (Å²) in [5.41, 5.74) is 4.87. The first-order chi connectivity index (χ1) is 7.99. The summed E-state index contributed by atoms with van der Waals surface area (Å²) < 4.78 is 0. The Hall–Kier alpha value is -0.900. The molecule has 0 heterocycles. The Morgan fingerprint density at radius 2 is 1.67 bits per heavy atom. The highest BCUT2D eigenvalue weighted by Crippen LogP contribution is 2.19. The van der Waals surface area contributed by atoms with E-state index in [1.54, 1.807) is 0 Å². The van der Waals surface area contributed by atoms with Crippen molar-refractivity contribution in [1.29, 1.82) is 0 Å². The van der Waals surface area contributed by atoms with E-state index in [9.17, 15) is 9.59 Å². The van der Waals surface area contributed by atoms with Crippen molar-refractivity contribution in [3.05, 3.63) is 0 Å². The van der Waals surface area contributed by atoms with Gasteiger partial charge in [-0.25, -0.2) is 0 Å². The van der Waals surface area contributed by atoms with Gasteiger partial charge in [-0.05, 0) is 26.7 Å². The lowest BCUT2D eigenvalue weighted by atomic mass is 9.87. The Morgan fingerprint density at radius 3 is 2.00 bits per heavy atom. The molecule has 0 aliphatic rings. The number of hydrogen-bond acceptors (Lipinski definition) is 3. The van der Waals surface area contributed by atoms with E-state index in [-0.39, 0.29) is 16.7 Å². The zero-order chi connectivity index (χ0) is 14.6. The molecule has 3 N–H and O–H groups in total. The number of hydrogen-bond donors (Lipinski definition) is 2. The minimum absolute atomic E-state index is 0.148. The van der Waals surface area contributed by atoms with Crippen LogP contribution in [-0.2, 0) is 9.59 Å². The molecule has 1 unspecified atom stereocenters. The van der Waals surface area contributed by atoms with E-state index in [1.807, 2.05) is 41.5 Å². The second kappa shape index (κ2) is 6.32. The number of nitrogens with two attached hydrogens (primary N) is 1. The van der Waals surface area contributed by atoms with Gasteiger partial charge in [0.15, 0.2) is 0 Å². The predicted molar refractivity (Wildman–Crippen MR) is 74.2 cm³/mol. The lowest BCUT2D eigenvalue weighted by molar-refractivity contribution is -0.127. The molecule has 0 spiro atoms. The predicted octanol–water partition coefficient (Wildman–Crippen LogP) is 2.01. The summed E-state index contributed by atoms with van der Waals surface area (Å²) in [6.45, 7) is 11.8. The maximum absolute atomic E-state index is 11.8. The van der Waals surface area contributed by atoms with Crippen molar-refractivity contribution >= 4 is 11.7 Å².